The van der Waals surface area contributed by atoms with E-state index in [0.717, 1.165) is 6.42 Å². The molecule has 2 amide bonds. The van der Waals surface area contributed by atoms with E-state index in [-0.39, 0.29) is 6.54 Å². The van der Waals surface area contributed by atoms with Crippen LogP contribution in [0, 0.1) is 0 Å². The molecule has 0 aliphatic carbocycles. The van der Waals surface area contributed by atoms with Crippen LogP contribution in [0.3, 0.4) is 0 Å². The van der Waals surface area contributed by atoms with Gasteiger partial charge in [-0.2, -0.15) is 0 Å². The lowest BCUT2D eigenvalue weighted by Gasteiger charge is -2.20. The quantitative estimate of drug-likeness (QED) is 0.402. The summed E-state index contributed by atoms with van der Waals surface area (Å²) in [6.07, 6.45) is 2.92. The molecule has 0 fully saturated rings. The van der Waals surface area contributed by atoms with Crippen molar-refractivity contribution < 1.29 is 23.9 Å². The van der Waals surface area contributed by atoms with Crippen LogP contribution in [0.1, 0.15) is 40.0 Å². The van der Waals surface area contributed by atoms with Gasteiger partial charge in [0.15, 0.2) is 0 Å². The van der Waals surface area contributed by atoms with Gasteiger partial charge in [0.1, 0.15) is 18.2 Å². The van der Waals surface area contributed by atoms with Crippen LogP contribution >= 0.6 is 0 Å². The van der Waals surface area contributed by atoms with Crippen LogP contribution in [0.4, 0.5) is 4.79 Å². The number of carbonyl (C=O) groups is 3. The molecule has 0 unspecified atom stereocenters. The molecule has 0 aromatic heterocycles. The number of alkyl carbamates (subject to hydrolysis) is 1. The maximum absolute atomic E-state index is 11.8. The highest BCUT2D eigenvalue weighted by Crippen LogP contribution is 2.06. The molecule has 2 N–H and O–H groups in total. The van der Waals surface area contributed by atoms with Gasteiger partial charge in [-0.3, -0.25) is 4.79 Å². The molecule has 0 aromatic rings. The molecule has 0 heterocycles. The molecule has 0 saturated heterocycles. The maximum Gasteiger partial charge on any atom is 0.408 e. The van der Waals surface area contributed by atoms with Crippen molar-refractivity contribution in [2.24, 2.45) is 0 Å². The Morgan fingerprint density at radius 1 is 1.27 bits per heavy atom. The molecule has 0 bridgehead atoms. The van der Waals surface area contributed by atoms with Gasteiger partial charge >= 0.3 is 12.1 Å². The second-order valence-corrected chi connectivity index (χ2v) is 5.72. The number of methoxy groups -OCH3 is 1. The van der Waals surface area contributed by atoms with E-state index in [1.165, 1.54) is 7.11 Å². The third-order valence-corrected chi connectivity index (χ3v) is 2.51. The molecule has 0 rings (SSSR count). The first-order valence-corrected chi connectivity index (χ1v) is 7.14. The number of unbranched alkanes of at least 4 members (excludes halogenated alkanes) is 1. The molecule has 0 saturated carbocycles. The smallest absolute Gasteiger partial charge is 0.408 e. The first kappa shape index (κ1) is 19.9. The SMILES string of the molecule is C=CCCC[C@H](NC(=O)CNC(=O)OC(C)(C)C)C(=O)OC. The van der Waals surface area contributed by atoms with Gasteiger partial charge in [-0.25, -0.2) is 9.59 Å². The maximum atomic E-state index is 11.8. The number of hydrogen-bond acceptors (Lipinski definition) is 5. The Hall–Kier alpha value is -2.05. The zero-order valence-electron chi connectivity index (χ0n) is 13.7. The summed E-state index contributed by atoms with van der Waals surface area (Å²) in [5.41, 5.74) is -0.639. The summed E-state index contributed by atoms with van der Waals surface area (Å²) < 4.78 is 9.65. The summed E-state index contributed by atoms with van der Waals surface area (Å²) in [7, 11) is 1.26. The molecule has 22 heavy (non-hydrogen) atoms. The molecule has 7 heteroatoms. The molecule has 0 radical (unpaired) electrons. The summed E-state index contributed by atoms with van der Waals surface area (Å²) >= 11 is 0. The summed E-state index contributed by atoms with van der Waals surface area (Å²) in [5.74, 6) is -1.01. The molecule has 0 aliphatic rings. The van der Waals surface area contributed by atoms with Gasteiger partial charge in [-0.15, -0.1) is 6.58 Å². The zero-order chi connectivity index (χ0) is 17.2. The number of hydrogen-bond donors (Lipinski definition) is 2. The number of allylic oxidation sites excluding steroid dienone is 1. The van der Waals surface area contributed by atoms with Gasteiger partial charge in [0.25, 0.3) is 0 Å². The van der Waals surface area contributed by atoms with Crippen molar-refractivity contribution in [3.63, 3.8) is 0 Å². The first-order valence-electron chi connectivity index (χ1n) is 7.14. The Morgan fingerprint density at radius 3 is 2.41 bits per heavy atom. The third-order valence-electron chi connectivity index (χ3n) is 2.51. The van der Waals surface area contributed by atoms with Gasteiger partial charge in [0, 0.05) is 0 Å². The van der Waals surface area contributed by atoms with Crippen molar-refractivity contribution in [3.8, 4) is 0 Å². The van der Waals surface area contributed by atoms with Crippen molar-refractivity contribution in [2.45, 2.75) is 51.7 Å². The minimum absolute atomic E-state index is 0.274. The number of nitrogens with one attached hydrogen (secondary N) is 2. The number of esters is 1. The van der Waals surface area contributed by atoms with Crippen molar-refractivity contribution >= 4 is 18.0 Å². The minimum Gasteiger partial charge on any atom is -0.467 e. The fourth-order valence-electron chi connectivity index (χ4n) is 1.57. The van der Waals surface area contributed by atoms with Crippen molar-refractivity contribution in [1.82, 2.24) is 10.6 Å². The number of rotatable bonds is 8. The van der Waals surface area contributed by atoms with E-state index in [1.807, 2.05) is 0 Å². The summed E-state index contributed by atoms with van der Waals surface area (Å²) in [4.78, 5) is 34.8. The first-order chi connectivity index (χ1) is 10.2. The predicted molar refractivity (Wildman–Crippen MR) is 82.2 cm³/mol. The average Bonchev–Trinajstić information content (AvgIpc) is 2.41. The van der Waals surface area contributed by atoms with Crippen LogP contribution in [-0.4, -0.2) is 43.3 Å². The van der Waals surface area contributed by atoms with E-state index >= 15 is 0 Å². The van der Waals surface area contributed by atoms with Crippen LogP contribution in [0.25, 0.3) is 0 Å². The predicted octanol–water partition coefficient (Wildman–Crippen LogP) is 1.53. The van der Waals surface area contributed by atoms with Gasteiger partial charge in [0.05, 0.1) is 7.11 Å². The molecule has 7 nitrogen and oxygen atoms in total. The Kier molecular flexibility index (Phi) is 8.89. The summed E-state index contributed by atoms with van der Waals surface area (Å²) in [5, 5.41) is 4.85. The highest BCUT2D eigenvalue weighted by Gasteiger charge is 2.22. The van der Waals surface area contributed by atoms with Crippen molar-refractivity contribution in [2.75, 3.05) is 13.7 Å². The minimum atomic E-state index is -0.738. The third kappa shape index (κ3) is 9.79. The molecule has 0 spiro atoms. The number of amides is 2. The normalized spacial score (nSPS) is 12.0. The monoisotopic (exact) mass is 314 g/mol. The summed E-state index contributed by atoms with van der Waals surface area (Å²) in [6.45, 7) is 8.49. The Labute approximate surface area is 131 Å². The van der Waals surface area contributed by atoms with E-state index in [0.29, 0.717) is 12.8 Å². The van der Waals surface area contributed by atoms with E-state index in [1.54, 1.807) is 26.8 Å². The molecule has 0 aliphatic heterocycles. The van der Waals surface area contributed by atoms with E-state index in [4.69, 9.17) is 4.74 Å². The van der Waals surface area contributed by atoms with Crippen LogP contribution < -0.4 is 10.6 Å². The van der Waals surface area contributed by atoms with Gasteiger partial charge in [-0.1, -0.05) is 6.08 Å². The largest absolute Gasteiger partial charge is 0.467 e. The Balaban J connectivity index is 4.29. The van der Waals surface area contributed by atoms with Gasteiger partial charge in [0.2, 0.25) is 5.91 Å². The molecule has 0 aromatic carbocycles. The standard InChI is InChI=1S/C15H26N2O5/c1-6-7-8-9-11(13(19)21-5)17-12(18)10-16-14(20)22-15(2,3)4/h6,11H,1,7-10H2,2-5H3,(H,16,20)(H,17,18)/t11-/m0/s1. The fraction of sp³-hybridized carbons (Fsp3) is 0.667. The van der Waals surface area contributed by atoms with Crippen LogP contribution in [-0.2, 0) is 19.1 Å². The number of carbonyl (C=O) groups excluding carboxylic acids is 3. The topological polar surface area (TPSA) is 93.7 Å². The highest BCUT2D eigenvalue weighted by atomic mass is 16.6. The lowest BCUT2D eigenvalue weighted by molar-refractivity contribution is -0.145. The number of ether oxygens (including phenoxy) is 2. The second-order valence-electron chi connectivity index (χ2n) is 5.72. The Bertz CT molecular complexity index is 401. The highest BCUT2D eigenvalue weighted by molar-refractivity contribution is 5.87. The lowest BCUT2D eigenvalue weighted by Crippen LogP contribution is -2.46. The van der Waals surface area contributed by atoms with Crippen molar-refractivity contribution in [3.05, 3.63) is 12.7 Å². The molecule has 1 atom stereocenters. The van der Waals surface area contributed by atoms with Gasteiger partial charge in [-0.05, 0) is 40.0 Å². The van der Waals surface area contributed by atoms with E-state index in [2.05, 4.69) is 21.9 Å². The summed E-state index contributed by atoms with van der Waals surface area (Å²) in [6, 6.07) is -0.738. The van der Waals surface area contributed by atoms with Gasteiger partial charge < -0.3 is 20.1 Å². The fourth-order valence-corrected chi connectivity index (χ4v) is 1.57. The van der Waals surface area contributed by atoms with E-state index in [9.17, 15) is 14.4 Å². The lowest BCUT2D eigenvalue weighted by atomic mass is 10.1. The molecular formula is C15H26N2O5. The zero-order valence-corrected chi connectivity index (χ0v) is 13.7. The Morgan fingerprint density at radius 2 is 1.91 bits per heavy atom. The van der Waals surface area contributed by atoms with Crippen LogP contribution in [0.15, 0.2) is 12.7 Å². The molecular weight excluding hydrogens is 288 g/mol. The van der Waals surface area contributed by atoms with Crippen LogP contribution in [0.2, 0.25) is 0 Å². The van der Waals surface area contributed by atoms with Crippen LogP contribution in [0.5, 0.6) is 0 Å². The average molecular weight is 314 g/mol. The van der Waals surface area contributed by atoms with E-state index < -0.39 is 29.6 Å². The van der Waals surface area contributed by atoms with Crippen molar-refractivity contribution in [1.29, 1.82) is 0 Å². The second kappa shape index (κ2) is 9.81. The molecule has 126 valence electrons.